The molecule has 1 heterocycles. The molecule has 0 saturated carbocycles. The smallest absolute Gasteiger partial charge is 0.268 e. The number of anilines is 1. The molecule has 0 radical (unpaired) electrons. The number of halogens is 1. The quantitative estimate of drug-likeness (QED) is 0.186. The van der Waals surface area contributed by atoms with Crippen LogP contribution in [-0.4, -0.2) is 24.6 Å². The van der Waals surface area contributed by atoms with E-state index in [9.17, 15) is 10.1 Å². The van der Waals surface area contributed by atoms with Gasteiger partial charge in [-0.05, 0) is 41.8 Å². The third kappa shape index (κ3) is 7.08. The van der Waals surface area contributed by atoms with Crippen molar-refractivity contribution in [3.63, 3.8) is 0 Å². The second-order valence-electron chi connectivity index (χ2n) is 7.49. The number of aromatic nitrogens is 1. The molecule has 3 rings (SSSR count). The maximum Gasteiger partial charge on any atom is 0.268 e. The molecule has 34 heavy (non-hydrogen) atoms. The number of nitrogens with one attached hydrogen (secondary N) is 1. The van der Waals surface area contributed by atoms with Crippen LogP contribution >= 0.6 is 22.9 Å². The predicted octanol–water partition coefficient (Wildman–Crippen LogP) is 6.51. The Balaban J connectivity index is 1.67. The topological polar surface area (TPSA) is 84.2 Å². The van der Waals surface area contributed by atoms with Gasteiger partial charge in [-0.25, -0.2) is 4.98 Å². The standard InChI is InChI=1S/C26H26ClN3O3S/c1-3-4-7-12-33-23-11-10-18(14-24(23)32-2)13-20(16-28)25(31)30-26-29-17-21(34-26)15-19-8-5-6-9-22(19)27/h5-6,8-11,13-14,17H,3-4,7,12,15H2,1-2H3,(H,29,30,31)/b20-13+. The van der Waals surface area contributed by atoms with Gasteiger partial charge in [0.15, 0.2) is 16.6 Å². The molecular formula is C26H26ClN3O3S. The molecule has 6 nitrogen and oxygen atoms in total. The Morgan fingerprint density at radius 2 is 2.06 bits per heavy atom. The number of methoxy groups -OCH3 is 1. The van der Waals surface area contributed by atoms with Crippen molar-refractivity contribution in [2.45, 2.75) is 32.6 Å². The molecule has 3 aromatic rings. The highest BCUT2D eigenvalue weighted by atomic mass is 35.5. The molecule has 2 aromatic carbocycles. The van der Waals surface area contributed by atoms with Gasteiger partial charge in [0.25, 0.3) is 5.91 Å². The van der Waals surface area contributed by atoms with Crippen molar-refractivity contribution >= 4 is 40.1 Å². The van der Waals surface area contributed by atoms with E-state index in [0.29, 0.717) is 40.2 Å². The van der Waals surface area contributed by atoms with Crippen molar-refractivity contribution in [3.8, 4) is 17.6 Å². The van der Waals surface area contributed by atoms with E-state index in [2.05, 4.69) is 17.2 Å². The monoisotopic (exact) mass is 495 g/mol. The van der Waals surface area contributed by atoms with Gasteiger partial charge in [0.2, 0.25) is 0 Å². The van der Waals surface area contributed by atoms with E-state index < -0.39 is 5.91 Å². The number of hydrogen-bond donors (Lipinski definition) is 1. The summed E-state index contributed by atoms with van der Waals surface area (Å²) in [5.41, 5.74) is 1.60. The third-order valence-corrected chi connectivity index (χ3v) is 6.25. The van der Waals surface area contributed by atoms with Crippen LogP contribution in [0.2, 0.25) is 5.02 Å². The van der Waals surface area contributed by atoms with Crippen LogP contribution in [0.4, 0.5) is 5.13 Å². The van der Waals surface area contributed by atoms with E-state index in [1.165, 1.54) is 17.4 Å². The first-order valence-electron chi connectivity index (χ1n) is 11.0. The first kappa shape index (κ1) is 25.3. The lowest BCUT2D eigenvalue weighted by Gasteiger charge is -2.11. The Morgan fingerprint density at radius 3 is 2.79 bits per heavy atom. The summed E-state index contributed by atoms with van der Waals surface area (Å²) >= 11 is 7.57. The fraction of sp³-hybridized carbons (Fsp3) is 0.269. The summed E-state index contributed by atoms with van der Waals surface area (Å²) in [6.45, 7) is 2.75. The zero-order valence-electron chi connectivity index (χ0n) is 19.1. The highest BCUT2D eigenvalue weighted by Gasteiger charge is 2.14. The zero-order valence-corrected chi connectivity index (χ0v) is 20.7. The van der Waals surface area contributed by atoms with Crippen LogP contribution in [0.3, 0.4) is 0 Å². The predicted molar refractivity (Wildman–Crippen MR) is 137 cm³/mol. The molecule has 1 aromatic heterocycles. The van der Waals surface area contributed by atoms with E-state index >= 15 is 0 Å². The van der Waals surface area contributed by atoms with Crippen molar-refractivity contribution in [3.05, 3.63) is 75.3 Å². The fourth-order valence-corrected chi connectivity index (χ4v) is 4.22. The summed E-state index contributed by atoms with van der Waals surface area (Å²) in [5.74, 6) is 0.652. The summed E-state index contributed by atoms with van der Waals surface area (Å²) < 4.78 is 11.2. The third-order valence-electron chi connectivity index (χ3n) is 4.97. The largest absolute Gasteiger partial charge is 0.493 e. The van der Waals surface area contributed by atoms with Gasteiger partial charge >= 0.3 is 0 Å². The number of nitriles is 1. The summed E-state index contributed by atoms with van der Waals surface area (Å²) in [6, 6.07) is 14.9. The molecule has 0 atom stereocenters. The SMILES string of the molecule is CCCCCOc1ccc(/C=C(\C#N)C(=O)Nc2ncc(Cc3ccccc3Cl)s2)cc1OC. The van der Waals surface area contributed by atoms with Crippen LogP contribution in [-0.2, 0) is 11.2 Å². The number of unbranched alkanes of at least 4 members (excludes halogenated alkanes) is 2. The molecule has 0 fully saturated rings. The van der Waals surface area contributed by atoms with E-state index in [0.717, 1.165) is 29.7 Å². The van der Waals surface area contributed by atoms with Gasteiger partial charge in [-0.15, -0.1) is 11.3 Å². The molecule has 0 spiro atoms. The Morgan fingerprint density at radius 1 is 1.24 bits per heavy atom. The van der Waals surface area contributed by atoms with Crippen molar-refractivity contribution in [2.24, 2.45) is 0 Å². The van der Waals surface area contributed by atoms with Gasteiger partial charge in [0.05, 0.1) is 13.7 Å². The number of nitrogens with zero attached hydrogens (tertiary/aromatic N) is 2. The fourth-order valence-electron chi connectivity index (χ4n) is 3.18. The molecule has 0 aliphatic rings. The summed E-state index contributed by atoms with van der Waals surface area (Å²) in [7, 11) is 1.56. The number of rotatable bonds is 11. The lowest BCUT2D eigenvalue weighted by atomic mass is 10.1. The average molecular weight is 496 g/mol. The number of hydrogen-bond acceptors (Lipinski definition) is 6. The summed E-state index contributed by atoms with van der Waals surface area (Å²) in [6.07, 6.45) is 7.01. The van der Waals surface area contributed by atoms with Crippen molar-refractivity contribution in [2.75, 3.05) is 19.0 Å². The maximum absolute atomic E-state index is 12.7. The number of thiazole rings is 1. The number of carbonyl (C=O) groups excluding carboxylic acids is 1. The minimum atomic E-state index is -0.528. The van der Waals surface area contributed by atoms with Gasteiger partial charge < -0.3 is 9.47 Å². The lowest BCUT2D eigenvalue weighted by molar-refractivity contribution is -0.112. The molecule has 8 heteroatoms. The summed E-state index contributed by atoms with van der Waals surface area (Å²) in [5, 5.41) is 13.4. The van der Waals surface area contributed by atoms with Crippen LogP contribution in [0.5, 0.6) is 11.5 Å². The Bertz CT molecular complexity index is 1200. The Labute approximate surface area is 208 Å². The highest BCUT2D eigenvalue weighted by Crippen LogP contribution is 2.29. The first-order valence-corrected chi connectivity index (χ1v) is 12.2. The molecule has 1 N–H and O–H groups in total. The Kier molecular flexibility index (Phi) is 9.51. The molecule has 0 aliphatic heterocycles. The van der Waals surface area contributed by atoms with Crippen LogP contribution in [0.1, 0.15) is 42.2 Å². The minimum absolute atomic E-state index is 0.0403. The number of ether oxygens (including phenoxy) is 2. The molecule has 0 saturated heterocycles. The van der Waals surface area contributed by atoms with Crippen molar-refractivity contribution < 1.29 is 14.3 Å². The van der Waals surface area contributed by atoms with E-state index in [4.69, 9.17) is 21.1 Å². The van der Waals surface area contributed by atoms with E-state index in [1.54, 1.807) is 31.5 Å². The van der Waals surface area contributed by atoms with Crippen molar-refractivity contribution in [1.29, 1.82) is 5.26 Å². The molecule has 0 unspecified atom stereocenters. The van der Waals surface area contributed by atoms with Crippen LogP contribution in [0.25, 0.3) is 6.08 Å². The zero-order chi connectivity index (χ0) is 24.3. The van der Waals surface area contributed by atoms with Crippen molar-refractivity contribution in [1.82, 2.24) is 4.98 Å². The molecule has 176 valence electrons. The van der Waals surface area contributed by atoms with E-state index in [-0.39, 0.29) is 5.57 Å². The molecule has 1 amide bonds. The van der Waals surface area contributed by atoms with Gasteiger partial charge in [-0.2, -0.15) is 5.26 Å². The van der Waals surface area contributed by atoms with E-state index in [1.807, 2.05) is 30.3 Å². The van der Waals surface area contributed by atoms with Gasteiger partial charge in [-0.3, -0.25) is 10.1 Å². The molecule has 0 aliphatic carbocycles. The van der Waals surface area contributed by atoms with Crippen LogP contribution < -0.4 is 14.8 Å². The van der Waals surface area contributed by atoms with Crippen LogP contribution in [0.15, 0.2) is 54.2 Å². The Hall–Kier alpha value is -3.34. The second-order valence-corrected chi connectivity index (χ2v) is 9.01. The highest BCUT2D eigenvalue weighted by molar-refractivity contribution is 7.15. The maximum atomic E-state index is 12.7. The second kappa shape index (κ2) is 12.8. The lowest BCUT2D eigenvalue weighted by Crippen LogP contribution is -2.13. The average Bonchev–Trinajstić information content (AvgIpc) is 3.28. The molecular weight excluding hydrogens is 470 g/mol. The summed E-state index contributed by atoms with van der Waals surface area (Å²) in [4.78, 5) is 17.9. The molecule has 0 bridgehead atoms. The first-order chi connectivity index (χ1) is 16.5. The van der Waals surface area contributed by atoms with Crippen LogP contribution in [0, 0.1) is 11.3 Å². The van der Waals surface area contributed by atoms with Gasteiger partial charge in [0, 0.05) is 22.5 Å². The number of amides is 1. The van der Waals surface area contributed by atoms with Gasteiger partial charge in [0.1, 0.15) is 11.6 Å². The number of benzene rings is 2. The van der Waals surface area contributed by atoms with Gasteiger partial charge in [-0.1, -0.05) is 55.6 Å². The minimum Gasteiger partial charge on any atom is -0.493 e. The normalized spacial score (nSPS) is 11.1. The number of carbonyl (C=O) groups is 1.